The van der Waals surface area contributed by atoms with E-state index in [2.05, 4.69) is 38.2 Å². The number of esters is 1. The van der Waals surface area contributed by atoms with E-state index in [9.17, 15) is 9.59 Å². The minimum absolute atomic E-state index is 0.133. The summed E-state index contributed by atoms with van der Waals surface area (Å²) in [7, 11) is 0. The Balaban J connectivity index is 4.06. The highest BCUT2D eigenvalue weighted by atomic mass is 16.5. The van der Waals surface area contributed by atoms with Crippen LogP contribution in [-0.2, 0) is 14.3 Å². The molecule has 0 bridgehead atoms. The van der Waals surface area contributed by atoms with E-state index in [4.69, 9.17) is 9.84 Å². The molecule has 0 aromatic heterocycles. The smallest absolute Gasteiger partial charge is 0.306 e. The molecule has 4 heteroatoms. The third kappa shape index (κ3) is 28.3. The molecule has 1 N–H and O–H groups in total. The summed E-state index contributed by atoms with van der Waals surface area (Å²) in [6.45, 7) is 4.37. The lowest BCUT2D eigenvalue weighted by Crippen LogP contribution is -2.13. The van der Waals surface area contributed by atoms with E-state index >= 15 is 0 Å². The van der Waals surface area contributed by atoms with Crippen LogP contribution in [0.1, 0.15) is 142 Å². The monoisotopic (exact) mass is 516 g/mol. The zero-order valence-corrected chi connectivity index (χ0v) is 24.0. The maximum absolute atomic E-state index is 12.4. The molecule has 4 nitrogen and oxygen atoms in total. The van der Waals surface area contributed by atoms with Gasteiger partial charge in [0, 0.05) is 12.8 Å². The van der Waals surface area contributed by atoms with Crippen LogP contribution in [0.5, 0.6) is 0 Å². The van der Waals surface area contributed by atoms with Crippen LogP contribution >= 0.6 is 0 Å². The highest BCUT2D eigenvalue weighted by Gasteiger charge is 2.08. The number of unbranched alkanes of at least 4 members (excludes halogenated alkanes) is 13. The summed E-state index contributed by atoms with van der Waals surface area (Å²) in [4.78, 5) is 23.0. The van der Waals surface area contributed by atoms with E-state index < -0.39 is 5.97 Å². The first-order chi connectivity index (χ1) is 18.1. The molecule has 0 saturated carbocycles. The fourth-order valence-electron chi connectivity index (χ4n) is 4.02. The van der Waals surface area contributed by atoms with Gasteiger partial charge in [0.25, 0.3) is 0 Å². The quantitative estimate of drug-likeness (QED) is 0.0705. The van der Waals surface area contributed by atoms with Crippen molar-refractivity contribution >= 4 is 11.9 Å². The van der Waals surface area contributed by atoms with Crippen molar-refractivity contribution in [1.29, 1.82) is 0 Å². The highest BCUT2D eigenvalue weighted by Crippen LogP contribution is 2.11. The molecule has 0 heterocycles. The molecule has 0 fully saturated rings. The second-order valence-corrected chi connectivity index (χ2v) is 9.90. The molecule has 0 aliphatic rings. The number of rotatable bonds is 26. The van der Waals surface area contributed by atoms with Crippen LogP contribution < -0.4 is 0 Å². The van der Waals surface area contributed by atoms with Crippen molar-refractivity contribution in [2.75, 3.05) is 0 Å². The third-order valence-corrected chi connectivity index (χ3v) is 6.25. The number of allylic oxidation sites excluding steroid dienone is 6. The molecule has 0 spiro atoms. The van der Waals surface area contributed by atoms with E-state index in [0.29, 0.717) is 12.8 Å². The van der Waals surface area contributed by atoms with Crippen molar-refractivity contribution in [3.63, 3.8) is 0 Å². The van der Waals surface area contributed by atoms with Gasteiger partial charge in [-0.1, -0.05) is 102 Å². The van der Waals surface area contributed by atoms with Crippen LogP contribution in [0.2, 0.25) is 0 Å². The summed E-state index contributed by atoms with van der Waals surface area (Å²) in [5.41, 5.74) is 0. The van der Waals surface area contributed by atoms with Crippen molar-refractivity contribution < 1.29 is 19.4 Å². The maximum Gasteiger partial charge on any atom is 0.306 e. The minimum atomic E-state index is -0.735. The molecular formula is C33H56O4. The van der Waals surface area contributed by atoms with Crippen LogP contribution in [0.25, 0.3) is 0 Å². The van der Waals surface area contributed by atoms with Crippen LogP contribution in [0.4, 0.5) is 0 Å². The van der Waals surface area contributed by atoms with Gasteiger partial charge in [0.15, 0.2) is 0 Å². The van der Waals surface area contributed by atoms with Crippen LogP contribution in [0, 0.1) is 0 Å². The van der Waals surface area contributed by atoms with Gasteiger partial charge in [-0.3, -0.25) is 9.59 Å². The van der Waals surface area contributed by atoms with E-state index in [1.165, 1.54) is 64.2 Å². The second kappa shape index (κ2) is 28.5. The summed E-state index contributed by atoms with van der Waals surface area (Å²) in [5.74, 6) is -0.868. The average Bonchev–Trinajstić information content (AvgIpc) is 2.87. The van der Waals surface area contributed by atoms with Crippen LogP contribution in [0.3, 0.4) is 0 Å². The fraction of sp³-hybridized carbons (Fsp3) is 0.697. The van der Waals surface area contributed by atoms with Crippen molar-refractivity contribution in [1.82, 2.24) is 0 Å². The molecule has 0 amide bonds. The Morgan fingerprint density at radius 1 is 0.622 bits per heavy atom. The Morgan fingerprint density at radius 3 is 1.81 bits per heavy atom. The lowest BCUT2D eigenvalue weighted by Gasteiger charge is -2.11. The molecule has 0 aromatic rings. The van der Waals surface area contributed by atoms with Gasteiger partial charge >= 0.3 is 11.9 Å². The number of carboxylic acids is 1. The minimum Gasteiger partial charge on any atom is -0.481 e. The second-order valence-electron chi connectivity index (χ2n) is 9.90. The largest absolute Gasteiger partial charge is 0.481 e. The normalized spacial score (nSPS) is 12.9. The third-order valence-electron chi connectivity index (χ3n) is 6.25. The summed E-state index contributed by atoms with van der Waals surface area (Å²) in [5, 5.41) is 8.71. The molecule has 0 saturated heterocycles. The highest BCUT2D eigenvalue weighted by molar-refractivity contribution is 5.69. The lowest BCUT2D eigenvalue weighted by atomic mass is 10.1. The van der Waals surface area contributed by atoms with Gasteiger partial charge in [-0.25, -0.2) is 0 Å². The molecule has 1 atom stereocenters. The molecule has 1 unspecified atom stereocenters. The molecule has 0 aromatic carbocycles. The van der Waals surface area contributed by atoms with Gasteiger partial charge in [-0.2, -0.15) is 0 Å². The Bertz CT molecular complexity index is 645. The molecule has 0 radical (unpaired) electrons. The molecule has 0 aliphatic heterocycles. The average molecular weight is 517 g/mol. The topological polar surface area (TPSA) is 63.6 Å². The number of aliphatic carboxylic acids is 1. The zero-order chi connectivity index (χ0) is 27.2. The van der Waals surface area contributed by atoms with Crippen LogP contribution in [0.15, 0.2) is 48.6 Å². The van der Waals surface area contributed by atoms with Gasteiger partial charge in [-0.05, 0) is 76.4 Å². The Morgan fingerprint density at radius 2 is 1.16 bits per heavy atom. The lowest BCUT2D eigenvalue weighted by molar-refractivity contribution is -0.145. The summed E-state index contributed by atoms with van der Waals surface area (Å²) < 4.78 is 5.71. The number of carbonyl (C=O) groups excluding carboxylic acids is 1. The first-order valence-corrected chi connectivity index (χ1v) is 15.1. The van der Waals surface area contributed by atoms with Gasteiger partial charge in [0.05, 0.1) is 0 Å². The van der Waals surface area contributed by atoms with Crippen molar-refractivity contribution in [2.45, 2.75) is 148 Å². The fourth-order valence-corrected chi connectivity index (χ4v) is 4.02. The van der Waals surface area contributed by atoms with Crippen LogP contribution in [-0.4, -0.2) is 23.1 Å². The summed E-state index contributed by atoms with van der Waals surface area (Å²) in [6, 6.07) is 0. The SMILES string of the molecule is CC/C=C\C/C=C\C(/C=C\CCCCCC(=O)O)OC(=O)CCCCCCC/C=C\CCCCCCC. The Kier molecular flexibility index (Phi) is 26.9. The summed E-state index contributed by atoms with van der Waals surface area (Å²) >= 11 is 0. The van der Waals surface area contributed by atoms with Crippen molar-refractivity contribution in [3.05, 3.63) is 48.6 Å². The molecule has 212 valence electrons. The standard InChI is InChI=1S/C33H56O4/c1-3-5-7-9-10-11-12-13-14-15-16-17-22-26-30-33(36)37-31(27-23-19-8-6-4-2)28-24-20-18-21-25-29-32(34)35/h6,8,12-13,23-24,27-28,31H,3-5,7,9-11,14-22,25-26,29-30H2,1-2H3,(H,34,35)/b8-6-,13-12-,27-23-,28-24-. The van der Waals surface area contributed by atoms with Gasteiger partial charge in [-0.15, -0.1) is 0 Å². The molecular weight excluding hydrogens is 460 g/mol. The molecule has 0 aliphatic carbocycles. The molecule has 37 heavy (non-hydrogen) atoms. The van der Waals surface area contributed by atoms with Crippen molar-refractivity contribution in [2.24, 2.45) is 0 Å². The number of ether oxygens (including phenoxy) is 1. The zero-order valence-electron chi connectivity index (χ0n) is 24.0. The predicted octanol–water partition coefficient (Wildman–Crippen LogP) is 10.0. The molecule has 0 rings (SSSR count). The van der Waals surface area contributed by atoms with Gasteiger partial charge < -0.3 is 9.84 Å². The maximum atomic E-state index is 12.4. The van der Waals surface area contributed by atoms with Crippen molar-refractivity contribution in [3.8, 4) is 0 Å². The number of hydrogen-bond donors (Lipinski definition) is 1. The first-order valence-electron chi connectivity index (χ1n) is 15.1. The van der Waals surface area contributed by atoms with E-state index in [1.807, 2.05) is 24.3 Å². The van der Waals surface area contributed by atoms with E-state index in [-0.39, 0.29) is 18.5 Å². The van der Waals surface area contributed by atoms with Gasteiger partial charge in [0.1, 0.15) is 6.10 Å². The van der Waals surface area contributed by atoms with Gasteiger partial charge in [0.2, 0.25) is 0 Å². The first kappa shape index (κ1) is 34.9. The number of carboxylic acid groups (broad SMARTS) is 1. The Labute approximate surface area is 228 Å². The predicted molar refractivity (Wildman–Crippen MR) is 158 cm³/mol. The number of hydrogen-bond acceptors (Lipinski definition) is 3. The van der Waals surface area contributed by atoms with E-state index in [1.54, 1.807) is 0 Å². The van der Waals surface area contributed by atoms with E-state index in [0.717, 1.165) is 44.9 Å². The number of carbonyl (C=O) groups is 2. The summed E-state index contributed by atoms with van der Waals surface area (Å²) in [6.07, 6.45) is 37.3. The Hall–Kier alpha value is -2.10.